The molecule has 2 amide bonds. The molecule has 3 aliphatic rings. The van der Waals surface area contributed by atoms with Crippen LogP contribution in [0.25, 0.3) is 0 Å². The third-order valence-corrected chi connectivity index (χ3v) is 8.08. The van der Waals surface area contributed by atoms with Gasteiger partial charge in [0, 0.05) is 43.3 Å². The number of β-amino-alcohol motifs (C(OH)–C–C–N with tert-alkyl or cyclic N) is 1. The van der Waals surface area contributed by atoms with Crippen molar-refractivity contribution in [3.05, 3.63) is 64.4 Å². The summed E-state index contributed by atoms with van der Waals surface area (Å²) in [6, 6.07) is 14.1. The molecule has 3 fully saturated rings. The Morgan fingerprint density at radius 2 is 2.18 bits per heavy atom. The highest BCUT2D eigenvalue weighted by Crippen LogP contribution is 2.65. The zero-order chi connectivity index (χ0) is 23.9. The number of nitrogens with zero attached hydrogens (tertiary/aromatic N) is 3. The van der Waals surface area contributed by atoms with E-state index >= 15 is 0 Å². The van der Waals surface area contributed by atoms with Crippen LogP contribution in [0.2, 0.25) is 5.02 Å². The number of benzene rings is 2. The maximum atomic E-state index is 13.6. The van der Waals surface area contributed by atoms with Gasteiger partial charge in [0.05, 0.1) is 22.8 Å². The lowest BCUT2D eigenvalue weighted by Gasteiger charge is -2.32. The fourth-order valence-corrected chi connectivity index (χ4v) is 6.11. The molecule has 8 heteroatoms. The number of anilines is 1. The molecular formula is C26H28ClFN4O2. The fraction of sp³-hybridized carbons (Fsp3) is 0.462. The number of nitriles is 1. The molecule has 2 N–H and O–H groups in total. The quantitative estimate of drug-likeness (QED) is 0.640. The molecule has 0 radical (unpaired) electrons. The van der Waals surface area contributed by atoms with Gasteiger partial charge in [0.25, 0.3) is 0 Å². The maximum absolute atomic E-state index is 13.6. The highest BCUT2D eigenvalue weighted by Gasteiger charge is 2.64. The van der Waals surface area contributed by atoms with E-state index in [4.69, 9.17) is 11.6 Å². The van der Waals surface area contributed by atoms with E-state index in [0.29, 0.717) is 36.8 Å². The van der Waals surface area contributed by atoms with Gasteiger partial charge in [-0.3, -0.25) is 4.90 Å². The Labute approximate surface area is 203 Å². The predicted molar refractivity (Wildman–Crippen MR) is 128 cm³/mol. The molecule has 2 aliphatic carbocycles. The molecule has 4 atom stereocenters. The van der Waals surface area contributed by atoms with Crippen molar-refractivity contribution in [2.24, 2.45) is 5.92 Å². The van der Waals surface area contributed by atoms with Crippen LogP contribution in [0.5, 0.6) is 0 Å². The van der Waals surface area contributed by atoms with Crippen molar-refractivity contribution in [3.63, 3.8) is 0 Å². The number of carbonyl (C=O) groups is 1. The Kier molecular flexibility index (Phi) is 6.24. The number of hydrogen-bond donors (Lipinski definition) is 2. The van der Waals surface area contributed by atoms with E-state index in [1.807, 2.05) is 23.1 Å². The van der Waals surface area contributed by atoms with Gasteiger partial charge in [-0.2, -0.15) is 5.26 Å². The lowest BCUT2D eigenvalue weighted by atomic mass is 9.92. The van der Waals surface area contributed by atoms with Crippen LogP contribution in [-0.2, 0) is 5.41 Å². The SMILES string of the molecule is N#Cc1cccc([C@@]23CC[C@H](N(CCN4CC[C@@H](O)C4)C(=O)Nc4ccc(F)c(Cl)c4)[C@@H]2C3)c1. The number of carbonyl (C=O) groups excluding carboxylic acids is 1. The summed E-state index contributed by atoms with van der Waals surface area (Å²) in [5.74, 6) is -0.185. The van der Waals surface area contributed by atoms with Crippen LogP contribution in [0, 0.1) is 23.1 Å². The molecule has 178 valence electrons. The molecular weight excluding hydrogens is 455 g/mol. The number of halogens is 2. The average molecular weight is 483 g/mol. The van der Waals surface area contributed by atoms with Crippen LogP contribution in [0.15, 0.2) is 42.5 Å². The molecule has 5 rings (SSSR count). The highest BCUT2D eigenvalue weighted by atomic mass is 35.5. The van der Waals surface area contributed by atoms with Gasteiger partial charge in [0.1, 0.15) is 5.82 Å². The van der Waals surface area contributed by atoms with Crippen molar-refractivity contribution < 1.29 is 14.3 Å². The van der Waals surface area contributed by atoms with Crippen LogP contribution in [-0.4, -0.2) is 59.3 Å². The van der Waals surface area contributed by atoms with Gasteiger partial charge in [-0.15, -0.1) is 0 Å². The number of urea groups is 1. The number of hydrogen-bond acceptors (Lipinski definition) is 4. The minimum atomic E-state index is -0.526. The Morgan fingerprint density at radius 3 is 2.88 bits per heavy atom. The second-order valence-electron chi connectivity index (χ2n) is 9.76. The van der Waals surface area contributed by atoms with E-state index in [0.717, 1.165) is 32.2 Å². The Morgan fingerprint density at radius 1 is 1.32 bits per heavy atom. The molecule has 1 aliphatic heterocycles. The molecule has 2 aromatic rings. The lowest BCUT2D eigenvalue weighted by molar-refractivity contribution is 0.154. The van der Waals surface area contributed by atoms with Crippen molar-refractivity contribution in [3.8, 4) is 6.07 Å². The summed E-state index contributed by atoms with van der Waals surface area (Å²) >= 11 is 5.91. The van der Waals surface area contributed by atoms with Crippen molar-refractivity contribution in [2.75, 3.05) is 31.5 Å². The summed E-state index contributed by atoms with van der Waals surface area (Å²) in [6.45, 7) is 2.68. The molecule has 6 nitrogen and oxygen atoms in total. The third kappa shape index (κ3) is 4.38. The summed E-state index contributed by atoms with van der Waals surface area (Å²) in [5, 5.41) is 22.1. The van der Waals surface area contributed by atoms with Crippen LogP contribution in [0.1, 0.15) is 36.8 Å². The lowest BCUT2D eigenvalue weighted by Crippen LogP contribution is -2.47. The maximum Gasteiger partial charge on any atom is 0.322 e. The largest absolute Gasteiger partial charge is 0.392 e. The fourth-order valence-electron chi connectivity index (χ4n) is 5.93. The number of likely N-dealkylation sites (tertiary alicyclic amines) is 1. The summed E-state index contributed by atoms with van der Waals surface area (Å²) in [4.78, 5) is 17.5. The first-order valence-electron chi connectivity index (χ1n) is 11.8. The van der Waals surface area contributed by atoms with Gasteiger partial charge in [-0.05, 0) is 67.5 Å². The minimum Gasteiger partial charge on any atom is -0.392 e. The van der Waals surface area contributed by atoms with Gasteiger partial charge in [0.15, 0.2) is 0 Å². The first-order chi connectivity index (χ1) is 16.4. The van der Waals surface area contributed by atoms with Gasteiger partial charge >= 0.3 is 6.03 Å². The number of fused-ring (bicyclic) bond motifs is 1. The standard InChI is InChI=1S/C26H28ClFN4O2/c27-22-13-19(4-5-23(22)28)30-25(34)32(11-10-31-9-7-20(33)16-31)24-6-8-26(14-21(24)26)18-3-1-2-17(12-18)15-29/h1-5,12-13,20-21,24,33H,6-11,14,16H2,(H,30,34)/t20-,21+,24+,26+/m1/s1. The molecule has 1 saturated heterocycles. The zero-order valence-electron chi connectivity index (χ0n) is 18.9. The van der Waals surface area contributed by atoms with Crippen LogP contribution in [0.3, 0.4) is 0 Å². The van der Waals surface area contributed by atoms with E-state index in [1.54, 1.807) is 0 Å². The molecule has 0 spiro atoms. The first-order valence-corrected chi connectivity index (χ1v) is 12.2. The number of rotatable bonds is 6. The van der Waals surface area contributed by atoms with Gasteiger partial charge in [0.2, 0.25) is 0 Å². The van der Waals surface area contributed by atoms with Crippen molar-refractivity contribution >= 4 is 23.3 Å². The molecule has 0 aromatic heterocycles. The van der Waals surface area contributed by atoms with E-state index < -0.39 is 5.82 Å². The highest BCUT2D eigenvalue weighted by molar-refractivity contribution is 6.31. The number of amides is 2. The second-order valence-corrected chi connectivity index (χ2v) is 10.2. The number of aliphatic hydroxyl groups excluding tert-OH is 1. The molecule has 2 saturated carbocycles. The van der Waals surface area contributed by atoms with E-state index in [2.05, 4.69) is 22.4 Å². The second kappa shape index (κ2) is 9.18. The van der Waals surface area contributed by atoms with Crippen LogP contribution >= 0.6 is 11.6 Å². The van der Waals surface area contributed by atoms with E-state index in [-0.39, 0.29) is 28.6 Å². The van der Waals surface area contributed by atoms with Gasteiger partial charge in [-0.1, -0.05) is 23.7 Å². The molecule has 2 aromatic carbocycles. The summed E-state index contributed by atoms with van der Waals surface area (Å²) in [7, 11) is 0. The average Bonchev–Trinajstić information content (AvgIpc) is 3.24. The number of nitrogens with one attached hydrogen (secondary N) is 1. The Balaban J connectivity index is 1.34. The van der Waals surface area contributed by atoms with Crippen LogP contribution in [0.4, 0.5) is 14.9 Å². The zero-order valence-corrected chi connectivity index (χ0v) is 19.6. The smallest absolute Gasteiger partial charge is 0.322 e. The van der Waals surface area contributed by atoms with Crippen molar-refractivity contribution in [2.45, 2.75) is 43.2 Å². The number of aliphatic hydroxyl groups is 1. The van der Waals surface area contributed by atoms with Crippen molar-refractivity contribution in [1.29, 1.82) is 5.26 Å². The third-order valence-electron chi connectivity index (χ3n) is 7.79. The summed E-state index contributed by atoms with van der Waals surface area (Å²) in [6.07, 6.45) is 3.32. The minimum absolute atomic E-state index is 0.0269. The molecule has 0 bridgehead atoms. The molecule has 1 heterocycles. The first kappa shape index (κ1) is 23.1. The van der Waals surface area contributed by atoms with Crippen LogP contribution < -0.4 is 5.32 Å². The summed E-state index contributed by atoms with van der Waals surface area (Å²) in [5.41, 5.74) is 2.34. The Bertz CT molecular complexity index is 1140. The van der Waals surface area contributed by atoms with Gasteiger partial charge in [-0.25, -0.2) is 9.18 Å². The van der Waals surface area contributed by atoms with Crippen molar-refractivity contribution in [1.82, 2.24) is 9.80 Å². The normalized spacial score (nSPS) is 27.8. The molecule has 0 unspecified atom stereocenters. The monoisotopic (exact) mass is 482 g/mol. The molecule has 34 heavy (non-hydrogen) atoms. The Hall–Kier alpha value is -2.66. The van der Waals surface area contributed by atoms with E-state index in [9.17, 15) is 19.6 Å². The van der Waals surface area contributed by atoms with E-state index in [1.165, 1.54) is 23.8 Å². The predicted octanol–water partition coefficient (Wildman–Crippen LogP) is 4.37. The van der Waals surface area contributed by atoms with Gasteiger partial charge < -0.3 is 15.3 Å². The topological polar surface area (TPSA) is 79.6 Å². The summed E-state index contributed by atoms with van der Waals surface area (Å²) < 4.78 is 13.6.